The molecule has 0 heterocycles. The highest BCUT2D eigenvalue weighted by Crippen LogP contribution is 1.89. The predicted molar refractivity (Wildman–Crippen MR) is 35.7 cm³/mol. The highest BCUT2D eigenvalue weighted by Gasteiger charge is 1.96. The second kappa shape index (κ2) is 5.07. The van der Waals surface area contributed by atoms with Crippen molar-refractivity contribution in [3.63, 3.8) is 0 Å². The molecule has 0 radical (unpaired) electrons. The molecule has 0 aliphatic rings. The zero-order chi connectivity index (χ0) is 7.11. The van der Waals surface area contributed by atoms with E-state index in [9.17, 15) is 0 Å². The van der Waals surface area contributed by atoms with E-state index in [0.29, 0.717) is 6.61 Å². The van der Waals surface area contributed by atoms with Crippen LogP contribution in [0.3, 0.4) is 0 Å². The second-order valence-electron chi connectivity index (χ2n) is 1.41. The molecule has 0 saturated heterocycles. The Labute approximate surface area is 55.1 Å². The highest BCUT2D eigenvalue weighted by atomic mass is 16.5. The van der Waals surface area contributed by atoms with E-state index in [-0.39, 0.29) is 0 Å². The van der Waals surface area contributed by atoms with Gasteiger partial charge in [0.1, 0.15) is 0 Å². The van der Waals surface area contributed by atoms with E-state index < -0.39 is 6.10 Å². The van der Waals surface area contributed by atoms with Crippen molar-refractivity contribution in [3.8, 4) is 6.07 Å². The van der Waals surface area contributed by atoms with Crippen molar-refractivity contribution < 1.29 is 4.74 Å². The fraction of sp³-hybridized carbons (Fsp3) is 0.286. The van der Waals surface area contributed by atoms with Gasteiger partial charge in [-0.05, 0) is 6.08 Å². The Bertz CT molecular complexity index is 134. The van der Waals surface area contributed by atoms with Crippen LogP contribution in [0.2, 0.25) is 0 Å². The van der Waals surface area contributed by atoms with Gasteiger partial charge in [-0.2, -0.15) is 5.26 Å². The van der Waals surface area contributed by atoms with Gasteiger partial charge in [0, 0.05) is 0 Å². The first-order valence-corrected chi connectivity index (χ1v) is 2.59. The first-order chi connectivity index (χ1) is 4.35. The first kappa shape index (κ1) is 7.93. The Hall–Kier alpha value is -1.07. The summed E-state index contributed by atoms with van der Waals surface area (Å²) in [6.45, 7) is 7.23. The Morgan fingerprint density at radius 3 is 2.67 bits per heavy atom. The molecular formula is C7H9NO. The molecule has 48 valence electrons. The van der Waals surface area contributed by atoms with Gasteiger partial charge in [0.05, 0.1) is 12.7 Å². The molecule has 0 bridgehead atoms. The summed E-state index contributed by atoms with van der Waals surface area (Å²) in [5, 5.41) is 8.27. The van der Waals surface area contributed by atoms with E-state index in [1.807, 2.05) is 6.07 Å². The molecule has 9 heavy (non-hydrogen) atoms. The molecule has 1 atom stereocenters. The lowest BCUT2D eigenvalue weighted by Gasteiger charge is -2.00. The Kier molecular flexibility index (Phi) is 4.47. The number of nitrogens with zero attached hydrogens (tertiary/aromatic N) is 1. The third kappa shape index (κ3) is 3.51. The summed E-state index contributed by atoms with van der Waals surface area (Å²) in [7, 11) is 0. The molecular weight excluding hydrogens is 114 g/mol. The minimum atomic E-state index is -0.497. The zero-order valence-corrected chi connectivity index (χ0v) is 5.21. The first-order valence-electron chi connectivity index (χ1n) is 2.59. The summed E-state index contributed by atoms with van der Waals surface area (Å²) in [4.78, 5) is 0. The average molecular weight is 123 g/mol. The van der Waals surface area contributed by atoms with Crippen molar-refractivity contribution in [2.45, 2.75) is 6.10 Å². The molecule has 0 aromatic rings. The third-order valence-corrected chi connectivity index (χ3v) is 0.735. The van der Waals surface area contributed by atoms with Crippen molar-refractivity contribution in [1.82, 2.24) is 0 Å². The summed E-state index contributed by atoms with van der Waals surface area (Å²) in [5.74, 6) is 0. The van der Waals surface area contributed by atoms with E-state index in [2.05, 4.69) is 13.2 Å². The molecule has 2 heteroatoms. The molecule has 0 aromatic heterocycles. The molecule has 0 N–H and O–H groups in total. The smallest absolute Gasteiger partial charge is 0.162 e. The third-order valence-electron chi connectivity index (χ3n) is 0.735. The largest absolute Gasteiger partial charge is 0.355 e. The van der Waals surface area contributed by atoms with Crippen molar-refractivity contribution in [1.29, 1.82) is 5.26 Å². The topological polar surface area (TPSA) is 33.0 Å². The van der Waals surface area contributed by atoms with Crippen LogP contribution in [0.15, 0.2) is 25.3 Å². The van der Waals surface area contributed by atoms with Crippen LogP contribution in [0.1, 0.15) is 0 Å². The molecule has 0 rings (SSSR count). The summed E-state index contributed by atoms with van der Waals surface area (Å²) in [6.07, 6.45) is 2.54. The van der Waals surface area contributed by atoms with Gasteiger partial charge in [-0.25, -0.2) is 0 Å². The molecule has 0 amide bonds. The molecule has 0 aromatic carbocycles. The minimum absolute atomic E-state index is 0.393. The lowest BCUT2D eigenvalue weighted by atomic mass is 10.4. The molecule has 0 saturated carbocycles. The SMILES string of the molecule is C=CCOC(C#N)C=C. The highest BCUT2D eigenvalue weighted by molar-refractivity contribution is 4.97. The number of hydrogen-bond donors (Lipinski definition) is 0. The lowest BCUT2D eigenvalue weighted by molar-refractivity contribution is 0.147. The Morgan fingerprint density at radius 2 is 2.33 bits per heavy atom. The summed E-state index contributed by atoms with van der Waals surface area (Å²) in [6, 6.07) is 1.90. The lowest BCUT2D eigenvalue weighted by Crippen LogP contribution is -2.05. The van der Waals surface area contributed by atoms with Gasteiger partial charge < -0.3 is 4.74 Å². The van der Waals surface area contributed by atoms with Crippen molar-refractivity contribution in [2.75, 3.05) is 6.61 Å². The van der Waals surface area contributed by atoms with Gasteiger partial charge in [-0.3, -0.25) is 0 Å². The maximum atomic E-state index is 8.27. The van der Waals surface area contributed by atoms with Gasteiger partial charge in [0.25, 0.3) is 0 Å². The van der Waals surface area contributed by atoms with E-state index in [1.54, 1.807) is 6.08 Å². The Balaban J connectivity index is 3.46. The predicted octanol–water partition coefficient (Wildman–Crippen LogP) is 1.27. The van der Waals surface area contributed by atoms with Gasteiger partial charge in [-0.15, -0.1) is 6.58 Å². The van der Waals surface area contributed by atoms with Crippen LogP contribution in [0.25, 0.3) is 0 Å². The van der Waals surface area contributed by atoms with Crippen LogP contribution in [0, 0.1) is 11.3 Å². The maximum Gasteiger partial charge on any atom is 0.162 e. The molecule has 0 aliphatic heterocycles. The van der Waals surface area contributed by atoms with Gasteiger partial charge in [0.2, 0.25) is 0 Å². The molecule has 2 nitrogen and oxygen atoms in total. The van der Waals surface area contributed by atoms with Crippen LogP contribution < -0.4 is 0 Å². The molecule has 0 fully saturated rings. The quantitative estimate of drug-likeness (QED) is 0.527. The fourth-order valence-corrected chi connectivity index (χ4v) is 0.330. The monoisotopic (exact) mass is 123 g/mol. The van der Waals surface area contributed by atoms with Crippen LogP contribution in [-0.2, 0) is 4.74 Å². The van der Waals surface area contributed by atoms with Gasteiger partial charge in [0.15, 0.2) is 6.10 Å². The number of rotatable bonds is 4. The van der Waals surface area contributed by atoms with Crippen molar-refractivity contribution >= 4 is 0 Å². The van der Waals surface area contributed by atoms with E-state index in [4.69, 9.17) is 10.00 Å². The summed E-state index contributed by atoms with van der Waals surface area (Å²) < 4.78 is 4.89. The standard InChI is InChI=1S/C7H9NO/c1-3-5-9-7(4-2)6-8/h3-4,7H,1-2,5H2. The normalized spacial score (nSPS) is 11.4. The average Bonchev–Trinajstić information content (AvgIpc) is 1.91. The van der Waals surface area contributed by atoms with Crippen LogP contribution in [0.4, 0.5) is 0 Å². The van der Waals surface area contributed by atoms with E-state index in [1.165, 1.54) is 6.08 Å². The van der Waals surface area contributed by atoms with E-state index >= 15 is 0 Å². The van der Waals surface area contributed by atoms with Crippen molar-refractivity contribution in [2.24, 2.45) is 0 Å². The van der Waals surface area contributed by atoms with Crippen LogP contribution in [0.5, 0.6) is 0 Å². The summed E-state index contributed by atoms with van der Waals surface area (Å²) >= 11 is 0. The number of nitriles is 1. The van der Waals surface area contributed by atoms with Gasteiger partial charge in [-0.1, -0.05) is 12.7 Å². The van der Waals surface area contributed by atoms with Crippen LogP contribution >= 0.6 is 0 Å². The van der Waals surface area contributed by atoms with E-state index in [0.717, 1.165) is 0 Å². The maximum absolute atomic E-state index is 8.27. The zero-order valence-electron chi connectivity index (χ0n) is 5.21. The Morgan fingerprint density at radius 1 is 1.67 bits per heavy atom. The molecule has 0 aliphatic carbocycles. The van der Waals surface area contributed by atoms with Crippen molar-refractivity contribution in [3.05, 3.63) is 25.3 Å². The summed E-state index contributed by atoms with van der Waals surface area (Å²) in [5.41, 5.74) is 0. The van der Waals surface area contributed by atoms with Crippen LogP contribution in [-0.4, -0.2) is 12.7 Å². The minimum Gasteiger partial charge on any atom is -0.355 e. The number of ether oxygens (including phenoxy) is 1. The number of hydrogen-bond acceptors (Lipinski definition) is 2. The fourth-order valence-electron chi connectivity index (χ4n) is 0.330. The second-order valence-corrected chi connectivity index (χ2v) is 1.41. The molecule has 0 spiro atoms. The molecule has 1 unspecified atom stereocenters. The van der Waals surface area contributed by atoms with Gasteiger partial charge >= 0.3 is 0 Å².